The average molecular weight is 369 g/mol. The predicted molar refractivity (Wildman–Crippen MR) is 103 cm³/mol. The first-order chi connectivity index (χ1) is 12.5. The number of hydrazone groups is 1. The van der Waals surface area contributed by atoms with Crippen molar-refractivity contribution >= 4 is 34.0 Å². The van der Waals surface area contributed by atoms with Gasteiger partial charge in [-0.05, 0) is 30.2 Å². The molecular formula is C19H17ClN4O2. The van der Waals surface area contributed by atoms with Crippen molar-refractivity contribution in [2.24, 2.45) is 12.1 Å². The van der Waals surface area contributed by atoms with E-state index in [2.05, 4.69) is 15.6 Å². The number of benzene rings is 2. The highest BCUT2D eigenvalue weighted by Crippen LogP contribution is 2.14. The van der Waals surface area contributed by atoms with Crippen LogP contribution in [-0.4, -0.2) is 21.4 Å². The molecule has 3 aromatic rings. The van der Waals surface area contributed by atoms with Gasteiger partial charge in [-0.15, -0.1) is 0 Å². The fourth-order valence-electron chi connectivity index (χ4n) is 2.65. The molecule has 0 atom stereocenters. The first-order valence-corrected chi connectivity index (χ1v) is 8.48. The van der Waals surface area contributed by atoms with Crippen molar-refractivity contribution < 1.29 is 4.79 Å². The first kappa shape index (κ1) is 17.8. The lowest BCUT2D eigenvalue weighted by atomic mass is 10.1. The van der Waals surface area contributed by atoms with E-state index >= 15 is 0 Å². The van der Waals surface area contributed by atoms with Crippen molar-refractivity contribution in [1.82, 2.24) is 15.2 Å². The van der Waals surface area contributed by atoms with E-state index in [1.54, 1.807) is 36.4 Å². The van der Waals surface area contributed by atoms with Gasteiger partial charge in [0.15, 0.2) is 5.69 Å². The Morgan fingerprint density at radius 2 is 1.92 bits per heavy atom. The van der Waals surface area contributed by atoms with E-state index in [0.717, 1.165) is 10.2 Å². The molecule has 6 nitrogen and oxygen atoms in total. The molecule has 3 rings (SSSR count). The van der Waals surface area contributed by atoms with Gasteiger partial charge in [-0.3, -0.25) is 9.59 Å². The molecule has 1 amide bonds. The molecule has 0 radical (unpaired) electrons. The summed E-state index contributed by atoms with van der Waals surface area (Å²) in [5.74, 6) is -0.482. The maximum Gasteiger partial charge on any atom is 0.292 e. The lowest BCUT2D eigenvalue weighted by Crippen LogP contribution is -2.27. The van der Waals surface area contributed by atoms with E-state index in [9.17, 15) is 9.59 Å². The molecule has 0 fully saturated rings. The van der Waals surface area contributed by atoms with Crippen LogP contribution in [0.25, 0.3) is 10.8 Å². The molecule has 26 heavy (non-hydrogen) atoms. The Labute approximate surface area is 155 Å². The number of hydrogen-bond donors (Lipinski definition) is 1. The van der Waals surface area contributed by atoms with Gasteiger partial charge in [0.2, 0.25) is 0 Å². The number of amides is 1. The summed E-state index contributed by atoms with van der Waals surface area (Å²) in [6.45, 7) is 1.94. The molecule has 0 saturated carbocycles. The Bertz CT molecular complexity index is 1070. The molecule has 7 heteroatoms. The molecule has 0 aliphatic carbocycles. The van der Waals surface area contributed by atoms with Crippen molar-refractivity contribution in [3.05, 3.63) is 75.2 Å². The molecule has 132 valence electrons. The Morgan fingerprint density at radius 3 is 2.62 bits per heavy atom. The minimum absolute atomic E-state index is 0.146. The minimum atomic E-state index is -0.482. The van der Waals surface area contributed by atoms with Crippen LogP contribution in [0.4, 0.5) is 0 Å². The van der Waals surface area contributed by atoms with E-state index in [-0.39, 0.29) is 11.3 Å². The van der Waals surface area contributed by atoms with Gasteiger partial charge in [-0.2, -0.15) is 10.2 Å². The number of halogens is 1. The maximum absolute atomic E-state index is 12.6. The molecule has 0 spiro atoms. The van der Waals surface area contributed by atoms with Crippen molar-refractivity contribution in [2.75, 3.05) is 0 Å². The van der Waals surface area contributed by atoms with E-state index < -0.39 is 5.91 Å². The van der Waals surface area contributed by atoms with Gasteiger partial charge >= 0.3 is 0 Å². The summed E-state index contributed by atoms with van der Waals surface area (Å²) < 4.78 is 1.15. The Morgan fingerprint density at radius 1 is 1.19 bits per heavy atom. The molecule has 1 N–H and O–H groups in total. The van der Waals surface area contributed by atoms with Crippen LogP contribution in [0.1, 0.15) is 29.4 Å². The maximum atomic E-state index is 12.6. The zero-order valence-electron chi connectivity index (χ0n) is 14.4. The molecule has 0 aliphatic heterocycles. The fraction of sp³-hybridized carbons (Fsp3) is 0.158. The van der Waals surface area contributed by atoms with Gasteiger partial charge in [0.1, 0.15) is 0 Å². The third-order valence-corrected chi connectivity index (χ3v) is 4.19. The summed E-state index contributed by atoms with van der Waals surface area (Å²) in [7, 11) is 1.51. The Kier molecular flexibility index (Phi) is 5.14. The third-order valence-electron chi connectivity index (χ3n) is 3.96. The number of carbonyl (C=O) groups excluding carboxylic acids is 1. The SMILES string of the molecule is CC/C(=N\NC(=O)c1nn(C)c(=O)c2ccccc12)c1cccc(Cl)c1. The van der Waals surface area contributed by atoms with Gasteiger partial charge in [0, 0.05) is 17.5 Å². The summed E-state index contributed by atoms with van der Waals surface area (Å²) in [6.07, 6.45) is 0.613. The van der Waals surface area contributed by atoms with Gasteiger partial charge in [-0.25, -0.2) is 10.1 Å². The van der Waals surface area contributed by atoms with Crippen LogP contribution in [-0.2, 0) is 7.05 Å². The van der Waals surface area contributed by atoms with E-state index in [0.29, 0.717) is 27.9 Å². The zero-order chi connectivity index (χ0) is 18.7. The van der Waals surface area contributed by atoms with Crippen LogP contribution in [0.15, 0.2) is 58.4 Å². The highest BCUT2D eigenvalue weighted by atomic mass is 35.5. The van der Waals surface area contributed by atoms with Gasteiger partial charge in [-0.1, -0.05) is 48.9 Å². The third kappa shape index (κ3) is 3.50. The second-order valence-corrected chi connectivity index (χ2v) is 6.12. The van der Waals surface area contributed by atoms with Gasteiger partial charge < -0.3 is 0 Å². The zero-order valence-corrected chi connectivity index (χ0v) is 15.1. The normalized spacial score (nSPS) is 11.6. The molecule has 1 aromatic heterocycles. The smallest absolute Gasteiger partial charge is 0.267 e. The second kappa shape index (κ2) is 7.49. The number of fused-ring (bicyclic) bond motifs is 1. The lowest BCUT2D eigenvalue weighted by Gasteiger charge is -2.08. The van der Waals surface area contributed by atoms with E-state index in [1.165, 1.54) is 7.05 Å². The van der Waals surface area contributed by atoms with Crippen molar-refractivity contribution in [2.45, 2.75) is 13.3 Å². The molecule has 0 unspecified atom stereocenters. The van der Waals surface area contributed by atoms with Gasteiger partial charge in [0.25, 0.3) is 11.5 Å². The van der Waals surface area contributed by atoms with Crippen LogP contribution >= 0.6 is 11.6 Å². The molecular weight excluding hydrogens is 352 g/mol. The van der Waals surface area contributed by atoms with Crippen LogP contribution in [0.3, 0.4) is 0 Å². The van der Waals surface area contributed by atoms with Crippen molar-refractivity contribution in [3.63, 3.8) is 0 Å². The van der Waals surface area contributed by atoms with Crippen molar-refractivity contribution in [1.29, 1.82) is 0 Å². The number of rotatable bonds is 4. The van der Waals surface area contributed by atoms with E-state index in [4.69, 9.17) is 11.6 Å². The standard InChI is InChI=1S/C19H17ClN4O2/c1-3-16(12-7-6-8-13(20)11-12)21-22-18(25)17-14-9-4-5-10-15(14)19(26)24(2)23-17/h4-11H,3H2,1-2H3,(H,22,25)/b21-16+. The first-order valence-electron chi connectivity index (χ1n) is 8.10. The lowest BCUT2D eigenvalue weighted by molar-refractivity contribution is 0.0949. The molecule has 2 aromatic carbocycles. The summed E-state index contributed by atoms with van der Waals surface area (Å²) in [5, 5.41) is 9.84. The summed E-state index contributed by atoms with van der Waals surface area (Å²) >= 11 is 6.02. The van der Waals surface area contributed by atoms with Crippen LogP contribution in [0, 0.1) is 0 Å². The summed E-state index contributed by atoms with van der Waals surface area (Å²) in [4.78, 5) is 24.8. The van der Waals surface area contributed by atoms with Crippen LogP contribution in [0.5, 0.6) is 0 Å². The number of nitrogens with one attached hydrogen (secondary N) is 1. The van der Waals surface area contributed by atoms with Crippen LogP contribution < -0.4 is 11.0 Å². The fourth-order valence-corrected chi connectivity index (χ4v) is 2.84. The average Bonchev–Trinajstić information content (AvgIpc) is 2.65. The van der Waals surface area contributed by atoms with Crippen molar-refractivity contribution in [3.8, 4) is 0 Å². The second-order valence-electron chi connectivity index (χ2n) is 5.69. The number of aromatic nitrogens is 2. The van der Waals surface area contributed by atoms with E-state index in [1.807, 2.05) is 19.1 Å². The molecule has 1 heterocycles. The number of hydrogen-bond acceptors (Lipinski definition) is 4. The number of carbonyl (C=O) groups is 1. The molecule has 0 bridgehead atoms. The topological polar surface area (TPSA) is 76.3 Å². The predicted octanol–water partition coefficient (Wildman–Crippen LogP) is 3.13. The largest absolute Gasteiger partial charge is 0.292 e. The number of nitrogens with zero attached hydrogens (tertiary/aromatic N) is 3. The monoisotopic (exact) mass is 368 g/mol. The summed E-state index contributed by atoms with van der Waals surface area (Å²) in [5.41, 5.74) is 3.95. The minimum Gasteiger partial charge on any atom is -0.267 e. The van der Waals surface area contributed by atoms with Crippen LogP contribution in [0.2, 0.25) is 5.02 Å². The Balaban J connectivity index is 1.97. The Hall–Kier alpha value is -2.99. The highest BCUT2D eigenvalue weighted by molar-refractivity contribution is 6.31. The molecule has 0 aliphatic rings. The molecule has 0 saturated heterocycles. The summed E-state index contributed by atoms with van der Waals surface area (Å²) in [6, 6.07) is 14.1. The number of aryl methyl sites for hydroxylation is 1. The van der Waals surface area contributed by atoms with Gasteiger partial charge in [0.05, 0.1) is 11.1 Å². The highest BCUT2D eigenvalue weighted by Gasteiger charge is 2.15. The quantitative estimate of drug-likeness (QED) is 0.567.